The fourth-order valence-corrected chi connectivity index (χ4v) is 2.56. The van der Waals surface area contributed by atoms with Gasteiger partial charge in [-0.2, -0.15) is 4.98 Å². The topological polar surface area (TPSA) is 59.2 Å². The summed E-state index contributed by atoms with van der Waals surface area (Å²) in [5, 5.41) is 3.93. The summed E-state index contributed by atoms with van der Waals surface area (Å²) in [6, 6.07) is 8.11. The number of carbonyl (C=O) groups is 1. The molecule has 104 valence electrons. The monoisotopic (exact) mass is 271 g/mol. The number of aromatic nitrogens is 2. The van der Waals surface area contributed by atoms with E-state index < -0.39 is 0 Å². The first kappa shape index (κ1) is 12.8. The summed E-state index contributed by atoms with van der Waals surface area (Å²) in [7, 11) is 0. The van der Waals surface area contributed by atoms with Crippen molar-refractivity contribution in [1.29, 1.82) is 0 Å². The first-order valence-electron chi connectivity index (χ1n) is 6.87. The number of hydrogen-bond acceptors (Lipinski definition) is 4. The lowest BCUT2D eigenvalue weighted by Crippen LogP contribution is -2.24. The van der Waals surface area contributed by atoms with E-state index in [1.54, 1.807) is 6.92 Å². The summed E-state index contributed by atoms with van der Waals surface area (Å²) in [6.45, 7) is 4.48. The molecule has 20 heavy (non-hydrogen) atoms. The first-order chi connectivity index (χ1) is 9.67. The maximum Gasteiger partial charge on any atom is 0.227 e. The van der Waals surface area contributed by atoms with Crippen LogP contribution in [0.1, 0.15) is 36.5 Å². The van der Waals surface area contributed by atoms with Gasteiger partial charge in [-0.1, -0.05) is 24.2 Å². The predicted molar refractivity (Wildman–Crippen MR) is 74.6 cm³/mol. The fourth-order valence-electron chi connectivity index (χ4n) is 2.56. The van der Waals surface area contributed by atoms with Gasteiger partial charge in [0, 0.05) is 31.5 Å². The van der Waals surface area contributed by atoms with E-state index in [1.165, 1.54) is 5.56 Å². The molecular formula is C15H17N3O2. The molecule has 0 saturated carbocycles. The van der Waals surface area contributed by atoms with Gasteiger partial charge in [-0.15, -0.1) is 0 Å². The van der Waals surface area contributed by atoms with Crippen molar-refractivity contribution in [2.45, 2.75) is 32.6 Å². The van der Waals surface area contributed by atoms with Gasteiger partial charge >= 0.3 is 0 Å². The summed E-state index contributed by atoms with van der Waals surface area (Å²) >= 11 is 0. The molecule has 2 aromatic rings. The third-order valence-corrected chi connectivity index (χ3v) is 3.66. The number of anilines is 1. The van der Waals surface area contributed by atoms with Crippen molar-refractivity contribution in [2.24, 2.45) is 0 Å². The van der Waals surface area contributed by atoms with Crippen LogP contribution in [-0.2, 0) is 11.2 Å². The number of rotatable bonds is 3. The van der Waals surface area contributed by atoms with Crippen LogP contribution in [0.4, 0.5) is 5.69 Å². The van der Waals surface area contributed by atoms with E-state index in [0.29, 0.717) is 24.7 Å². The zero-order valence-electron chi connectivity index (χ0n) is 11.7. The maximum atomic E-state index is 12.2. The molecule has 1 atom stereocenters. The van der Waals surface area contributed by atoms with E-state index in [9.17, 15) is 4.79 Å². The Hall–Kier alpha value is -2.17. The van der Waals surface area contributed by atoms with E-state index in [0.717, 1.165) is 12.1 Å². The Morgan fingerprint density at radius 2 is 2.30 bits per heavy atom. The number of amides is 1. The highest BCUT2D eigenvalue weighted by Crippen LogP contribution is 2.30. The van der Waals surface area contributed by atoms with Crippen LogP contribution in [0.2, 0.25) is 0 Å². The maximum absolute atomic E-state index is 12.2. The van der Waals surface area contributed by atoms with E-state index in [1.807, 2.05) is 17.0 Å². The first-order valence-corrected chi connectivity index (χ1v) is 6.87. The van der Waals surface area contributed by atoms with Crippen molar-refractivity contribution >= 4 is 11.6 Å². The van der Waals surface area contributed by atoms with Gasteiger partial charge in [-0.05, 0) is 24.1 Å². The molecule has 1 unspecified atom stereocenters. The molecule has 5 heteroatoms. The molecule has 1 aliphatic rings. The van der Waals surface area contributed by atoms with E-state index in [2.05, 4.69) is 29.2 Å². The molecule has 1 saturated heterocycles. The fraction of sp³-hybridized carbons (Fsp3) is 0.400. The van der Waals surface area contributed by atoms with Crippen LogP contribution in [0.15, 0.2) is 28.8 Å². The van der Waals surface area contributed by atoms with Crippen LogP contribution < -0.4 is 4.90 Å². The van der Waals surface area contributed by atoms with Gasteiger partial charge < -0.3 is 9.42 Å². The van der Waals surface area contributed by atoms with Gasteiger partial charge in [-0.25, -0.2) is 0 Å². The molecule has 0 aliphatic carbocycles. The second kappa shape index (κ2) is 5.07. The minimum absolute atomic E-state index is 0.0187. The number of benzene rings is 1. The lowest BCUT2D eigenvalue weighted by molar-refractivity contribution is -0.117. The normalized spacial score (nSPS) is 18.8. The van der Waals surface area contributed by atoms with Crippen LogP contribution in [-0.4, -0.2) is 22.6 Å². The molecule has 0 radical (unpaired) electrons. The largest absolute Gasteiger partial charge is 0.340 e. The third kappa shape index (κ3) is 2.31. The van der Waals surface area contributed by atoms with Crippen molar-refractivity contribution in [3.8, 4) is 0 Å². The standard InChI is InChI=1S/C15H17N3O2/c1-3-11-5-4-6-13(7-11)18-9-12(8-14(18)19)15-16-10(2)20-17-15/h4-7,12H,3,8-9H2,1-2H3. The van der Waals surface area contributed by atoms with Gasteiger partial charge in [0.05, 0.1) is 0 Å². The highest BCUT2D eigenvalue weighted by Gasteiger charge is 2.34. The van der Waals surface area contributed by atoms with E-state index in [4.69, 9.17) is 4.52 Å². The van der Waals surface area contributed by atoms with Crippen molar-refractivity contribution in [2.75, 3.05) is 11.4 Å². The Kier molecular flexibility index (Phi) is 3.26. The predicted octanol–water partition coefficient (Wildman–Crippen LogP) is 2.46. The lowest BCUT2D eigenvalue weighted by Gasteiger charge is -2.17. The Bertz CT molecular complexity index is 636. The zero-order valence-corrected chi connectivity index (χ0v) is 11.7. The Labute approximate surface area is 117 Å². The minimum atomic E-state index is 0.0187. The highest BCUT2D eigenvalue weighted by molar-refractivity contribution is 5.96. The summed E-state index contributed by atoms with van der Waals surface area (Å²) in [4.78, 5) is 18.3. The second-order valence-corrected chi connectivity index (χ2v) is 5.10. The van der Waals surface area contributed by atoms with Crippen molar-refractivity contribution in [3.05, 3.63) is 41.5 Å². The Morgan fingerprint density at radius 3 is 3.00 bits per heavy atom. The summed E-state index contributed by atoms with van der Waals surface area (Å²) in [5.41, 5.74) is 2.19. The molecule has 1 aromatic carbocycles. The van der Waals surface area contributed by atoms with E-state index in [-0.39, 0.29) is 11.8 Å². The molecule has 0 N–H and O–H groups in total. The SMILES string of the molecule is CCc1cccc(N2CC(c3noc(C)n3)CC2=O)c1. The van der Waals surface area contributed by atoms with Gasteiger partial charge in [0.1, 0.15) is 0 Å². The quantitative estimate of drug-likeness (QED) is 0.860. The molecule has 2 heterocycles. The van der Waals surface area contributed by atoms with Crippen LogP contribution in [0.3, 0.4) is 0 Å². The number of hydrogen-bond donors (Lipinski definition) is 0. The molecule has 5 nitrogen and oxygen atoms in total. The van der Waals surface area contributed by atoms with Gasteiger partial charge in [-0.3, -0.25) is 4.79 Å². The van der Waals surface area contributed by atoms with Gasteiger partial charge in [0.25, 0.3) is 0 Å². The number of aryl methyl sites for hydroxylation is 2. The second-order valence-electron chi connectivity index (χ2n) is 5.10. The highest BCUT2D eigenvalue weighted by atomic mass is 16.5. The average molecular weight is 271 g/mol. The average Bonchev–Trinajstić information content (AvgIpc) is 3.05. The van der Waals surface area contributed by atoms with E-state index >= 15 is 0 Å². The lowest BCUT2D eigenvalue weighted by atomic mass is 10.1. The number of carbonyl (C=O) groups excluding carboxylic acids is 1. The molecule has 0 spiro atoms. The van der Waals surface area contributed by atoms with Crippen molar-refractivity contribution in [3.63, 3.8) is 0 Å². The van der Waals surface area contributed by atoms with Crippen molar-refractivity contribution < 1.29 is 9.32 Å². The molecule has 1 aromatic heterocycles. The summed E-state index contributed by atoms with van der Waals surface area (Å²) in [5.74, 6) is 1.31. The number of nitrogens with zero attached hydrogens (tertiary/aromatic N) is 3. The minimum Gasteiger partial charge on any atom is -0.340 e. The Morgan fingerprint density at radius 1 is 1.45 bits per heavy atom. The molecule has 1 fully saturated rings. The zero-order chi connectivity index (χ0) is 14.1. The van der Waals surface area contributed by atoms with Crippen molar-refractivity contribution in [1.82, 2.24) is 10.1 Å². The van der Waals surface area contributed by atoms with Gasteiger partial charge in [0.15, 0.2) is 5.82 Å². The molecular weight excluding hydrogens is 254 g/mol. The molecule has 1 amide bonds. The van der Waals surface area contributed by atoms with Crippen LogP contribution in [0.25, 0.3) is 0 Å². The van der Waals surface area contributed by atoms with Crippen LogP contribution in [0.5, 0.6) is 0 Å². The third-order valence-electron chi connectivity index (χ3n) is 3.66. The summed E-state index contributed by atoms with van der Waals surface area (Å²) < 4.78 is 5.00. The smallest absolute Gasteiger partial charge is 0.227 e. The van der Waals surface area contributed by atoms with Crippen LogP contribution >= 0.6 is 0 Å². The Balaban J connectivity index is 1.83. The molecule has 1 aliphatic heterocycles. The molecule has 0 bridgehead atoms. The van der Waals surface area contributed by atoms with Crippen LogP contribution in [0, 0.1) is 6.92 Å². The van der Waals surface area contributed by atoms with Gasteiger partial charge in [0.2, 0.25) is 11.8 Å². The summed E-state index contributed by atoms with van der Waals surface area (Å²) in [6.07, 6.45) is 1.40. The molecule has 3 rings (SSSR count).